The molecule has 0 radical (unpaired) electrons. The number of para-hydroxylation sites is 2. The molecule has 1 amide bonds. The van der Waals surface area contributed by atoms with E-state index in [1.807, 2.05) is 83.4 Å². The van der Waals surface area contributed by atoms with Crippen LogP contribution in [0.4, 0.5) is 5.69 Å². The molecule has 4 rings (SSSR count). The highest BCUT2D eigenvalue weighted by Gasteiger charge is 2.19. The number of hydrogen-bond acceptors (Lipinski definition) is 4. The molecule has 1 heterocycles. The fourth-order valence-electron chi connectivity index (χ4n) is 3.26. The Morgan fingerprint density at radius 3 is 2.45 bits per heavy atom. The number of aromatic nitrogens is 3. The van der Waals surface area contributed by atoms with Crippen LogP contribution in [0.1, 0.15) is 12.5 Å². The van der Waals surface area contributed by atoms with Crippen molar-refractivity contribution in [2.24, 2.45) is 0 Å². The minimum absolute atomic E-state index is 0.0900. The van der Waals surface area contributed by atoms with Gasteiger partial charge in [-0.05, 0) is 42.3 Å². The van der Waals surface area contributed by atoms with Crippen LogP contribution < -0.4 is 5.32 Å². The first-order valence-corrected chi connectivity index (χ1v) is 11.3. The van der Waals surface area contributed by atoms with Gasteiger partial charge in [0.25, 0.3) is 0 Å². The van der Waals surface area contributed by atoms with E-state index in [2.05, 4.69) is 22.4 Å². The van der Waals surface area contributed by atoms with Gasteiger partial charge in [-0.2, -0.15) is 0 Å². The van der Waals surface area contributed by atoms with Crippen LogP contribution in [0.3, 0.4) is 0 Å². The lowest BCUT2D eigenvalue weighted by atomic mass is 10.1. The molecule has 0 saturated heterocycles. The number of halogens is 1. The molecule has 0 aliphatic carbocycles. The Hall–Kier alpha value is -3.09. The highest BCUT2D eigenvalue weighted by atomic mass is 35.5. The summed E-state index contributed by atoms with van der Waals surface area (Å²) in [6.07, 6.45) is 0.854. The third kappa shape index (κ3) is 4.81. The molecule has 0 atom stereocenters. The number of nitrogens with one attached hydrogen (secondary N) is 1. The topological polar surface area (TPSA) is 59.8 Å². The number of carbonyl (C=O) groups excluding carboxylic acids is 1. The van der Waals surface area contributed by atoms with Crippen LogP contribution in [-0.2, 0) is 11.2 Å². The second kappa shape index (κ2) is 9.81. The van der Waals surface area contributed by atoms with Crippen LogP contribution in [0.5, 0.6) is 0 Å². The molecular weight excluding hydrogens is 428 g/mol. The van der Waals surface area contributed by atoms with Crippen molar-refractivity contribution in [3.63, 3.8) is 0 Å². The number of amides is 1. The summed E-state index contributed by atoms with van der Waals surface area (Å²) < 4.78 is 1.93. The fourth-order valence-corrected chi connectivity index (χ4v) is 4.23. The number of carbonyl (C=O) groups is 1. The van der Waals surface area contributed by atoms with Gasteiger partial charge in [-0.1, -0.05) is 78.8 Å². The van der Waals surface area contributed by atoms with Crippen LogP contribution in [0.15, 0.2) is 84.0 Å². The Morgan fingerprint density at radius 2 is 1.68 bits per heavy atom. The van der Waals surface area contributed by atoms with Crippen molar-refractivity contribution in [2.75, 3.05) is 11.1 Å². The summed E-state index contributed by atoms with van der Waals surface area (Å²) in [5.74, 6) is 0.759. The number of nitrogens with zero attached hydrogens (tertiary/aromatic N) is 3. The van der Waals surface area contributed by atoms with Gasteiger partial charge in [-0.3, -0.25) is 9.36 Å². The molecule has 0 spiro atoms. The maximum Gasteiger partial charge on any atom is 0.234 e. The summed E-state index contributed by atoms with van der Waals surface area (Å²) in [5, 5.41) is 13.0. The number of aryl methyl sites for hydroxylation is 1. The zero-order chi connectivity index (χ0) is 21.6. The van der Waals surface area contributed by atoms with Crippen LogP contribution >= 0.6 is 23.4 Å². The van der Waals surface area contributed by atoms with Crippen molar-refractivity contribution >= 4 is 35.0 Å². The van der Waals surface area contributed by atoms with E-state index in [0.717, 1.165) is 28.9 Å². The van der Waals surface area contributed by atoms with Crippen molar-refractivity contribution < 1.29 is 4.79 Å². The summed E-state index contributed by atoms with van der Waals surface area (Å²) in [4.78, 5) is 12.6. The smallest absolute Gasteiger partial charge is 0.234 e. The predicted octanol–water partition coefficient (Wildman–Crippen LogP) is 5.88. The summed E-state index contributed by atoms with van der Waals surface area (Å²) in [5.41, 5.74) is 3.64. The molecule has 0 aliphatic heterocycles. The van der Waals surface area contributed by atoms with Gasteiger partial charge in [0.1, 0.15) is 0 Å². The molecule has 7 heteroatoms. The number of benzene rings is 3. The Balaban J connectivity index is 1.60. The highest BCUT2D eigenvalue weighted by Crippen LogP contribution is 2.32. The van der Waals surface area contributed by atoms with E-state index in [-0.39, 0.29) is 11.7 Å². The third-order valence-corrected chi connectivity index (χ3v) is 6.03. The first-order chi connectivity index (χ1) is 15.2. The molecule has 1 N–H and O–H groups in total. The van der Waals surface area contributed by atoms with Gasteiger partial charge < -0.3 is 5.32 Å². The number of thioether (sulfide) groups is 1. The molecule has 0 aliphatic rings. The monoisotopic (exact) mass is 448 g/mol. The van der Waals surface area contributed by atoms with Crippen molar-refractivity contribution in [1.82, 2.24) is 14.8 Å². The maximum atomic E-state index is 12.6. The first-order valence-electron chi connectivity index (χ1n) is 9.93. The Bertz CT molecular complexity index is 1190. The third-order valence-electron chi connectivity index (χ3n) is 4.77. The molecule has 0 bridgehead atoms. The molecule has 1 aromatic heterocycles. The lowest BCUT2D eigenvalue weighted by molar-refractivity contribution is -0.113. The normalized spacial score (nSPS) is 10.8. The predicted molar refractivity (Wildman–Crippen MR) is 127 cm³/mol. The van der Waals surface area contributed by atoms with E-state index in [9.17, 15) is 4.79 Å². The number of rotatable bonds is 7. The van der Waals surface area contributed by atoms with E-state index in [1.54, 1.807) is 0 Å². The zero-order valence-electron chi connectivity index (χ0n) is 17.0. The largest absolute Gasteiger partial charge is 0.325 e. The highest BCUT2D eigenvalue weighted by molar-refractivity contribution is 7.99. The number of hydrogen-bond donors (Lipinski definition) is 1. The molecule has 5 nitrogen and oxygen atoms in total. The summed E-state index contributed by atoms with van der Waals surface area (Å²) in [6.45, 7) is 2.07. The minimum atomic E-state index is -0.0900. The minimum Gasteiger partial charge on any atom is -0.325 e. The summed E-state index contributed by atoms with van der Waals surface area (Å²) in [7, 11) is 0. The molecular formula is C24H21ClN4OS. The Kier molecular flexibility index (Phi) is 6.70. The molecule has 4 aromatic rings. The molecule has 0 unspecified atom stereocenters. The average Bonchev–Trinajstić information content (AvgIpc) is 3.22. The van der Waals surface area contributed by atoms with Gasteiger partial charge in [0.05, 0.1) is 10.8 Å². The van der Waals surface area contributed by atoms with Crippen molar-refractivity contribution in [3.05, 3.63) is 89.4 Å². The molecule has 156 valence electrons. The van der Waals surface area contributed by atoms with Crippen LogP contribution in [0, 0.1) is 0 Å². The van der Waals surface area contributed by atoms with E-state index >= 15 is 0 Å². The summed E-state index contributed by atoms with van der Waals surface area (Å²) >= 11 is 7.76. The van der Waals surface area contributed by atoms with Gasteiger partial charge >= 0.3 is 0 Å². The molecule has 3 aromatic carbocycles. The SMILES string of the molecule is CCc1ccccc1NC(=O)CSc1nnc(-c2ccccc2Cl)n1-c1ccccc1. The van der Waals surface area contributed by atoms with E-state index < -0.39 is 0 Å². The van der Waals surface area contributed by atoms with E-state index in [0.29, 0.717) is 16.0 Å². The zero-order valence-corrected chi connectivity index (χ0v) is 18.5. The van der Waals surface area contributed by atoms with Crippen LogP contribution in [-0.4, -0.2) is 26.4 Å². The van der Waals surface area contributed by atoms with Crippen molar-refractivity contribution in [1.29, 1.82) is 0 Å². The molecule has 0 fully saturated rings. The van der Waals surface area contributed by atoms with Gasteiger partial charge in [0, 0.05) is 16.9 Å². The average molecular weight is 449 g/mol. The van der Waals surface area contributed by atoms with Gasteiger partial charge in [0.15, 0.2) is 11.0 Å². The lowest BCUT2D eigenvalue weighted by Crippen LogP contribution is -2.15. The van der Waals surface area contributed by atoms with Crippen LogP contribution in [0.2, 0.25) is 5.02 Å². The number of anilines is 1. The Labute approximate surface area is 190 Å². The first kappa shape index (κ1) is 21.2. The quantitative estimate of drug-likeness (QED) is 0.358. The second-order valence-electron chi connectivity index (χ2n) is 6.80. The van der Waals surface area contributed by atoms with Gasteiger partial charge in [0.2, 0.25) is 5.91 Å². The van der Waals surface area contributed by atoms with Gasteiger partial charge in [-0.25, -0.2) is 0 Å². The molecule has 31 heavy (non-hydrogen) atoms. The van der Waals surface area contributed by atoms with Crippen molar-refractivity contribution in [3.8, 4) is 17.1 Å². The maximum absolute atomic E-state index is 12.6. The van der Waals surface area contributed by atoms with E-state index in [1.165, 1.54) is 11.8 Å². The fraction of sp³-hybridized carbons (Fsp3) is 0.125. The molecule has 0 saturated carbocycles. The Morgan fingerprint density at radius 1 is 0.968 bits per heavy atom. The van der Waals surface area contributed by atoms with E-state index in [4.69, 9.17) is 11.6 Å². The standard InChI is InChI=1S/C24H21ClN4OS/c1-2-17-10-6-9-15-21(17)26-22(30)16-31-24-28-27-23(19-13-7-8-14-20(19)25)29(24)18-11-4-3-5-12-18/h3-15H,2,16H2,1H3,(H,26,30). The van der Waals surface area contributed by atoms with Gasteiger partial charge in [-0.15, -0.1) is 10.2 Å². The summed E-state index contributed by atoms with van der Waals surface area (Å²) in [6, 6.07) is 25.2. The lowest BCUT2D eigenvalue weighted by Gasteiger charge is -2.12. The van der Waals surface area contributed by atoms with Crippen LogP contribution in [0.25, 0.3) is 17.1 Å². The van der Waals surface area contributed by atoms with Crippen molar-refractivity contribution in [2.45, 2.75) is 18.5 Å². The second-order valence-corrected chi connectivity index (χ2v) is 8.15.